The minimum atomic E-state index is -0.303. The van der Waals surface area contributed by atoms with E-state index in [-0.39, 0.29) is 22.3 Å². The molecule has 2 aromatic rings. The maximum Gasteiger partial charge on any atom is 0.199 e. The summed E-state index contributed by atoms with van der Waals surface area (Å²) in [5.41, 5.74) is 0.920. The zero-order chi connectivity index (χ0) is 9.75. The van der Waals surface area contributed by atoms with Crippen molar-refractivity contribution in [1.82, 2.24) is 0 Å². The first-order chi connectivity index (χ1) is 6.09. The van der Waals surface area contributed by atoms with E-state index in [9.17, 15) is 15.0 Å². The lowest BCUT2D eigenvalue weighted by Crippen LogP contribution is -1.79. The highest BCUT2D eigenvalue weighted by molar-refractivity contribution is 6.09. The molecule has 0 saturated heterocycles. The number of fused-ring (bicyclic) bond motifs is 1. The summed E-state index contributed by atoms with van der Waals surface area (Å²) in [7, 11) is 0. The van der Waals surface area contributed by atoms with Gasteiger partial charge in [-0.2, -0.15) is 0 Å². The summed E-state index contributed by atoms with van der Waals surface area (Å²) in [6.07, 6.45) is 1.51. The van der Waals surface area contributed by atoms with Gasteiger partial charge in [0.05, 0.1) is 5.39 Å². The molecule has 0 radical (unpaired) electrons. The van der Waals surface area contributed by atoms with E-state index >= 15 is 0 Å². The van der Waals surface area contributed by atoms with E-state index in [2.05, 4.69) is 6.58 Å². The van der Waals surface area contributed by atoms with E-state index < -0.39 is 0 Å². The van der Waals surface area contributed by atoms with Crippen LogP contribution in [0.3, 0.4) is 0 Å². The predicted octanol–water partition coefficient (Wildman–Crippen LogP) is 1.44. The molecule has 13 heavy (non-hydrogen) atoms. The zero-order valence-corrected chi connectivity index (χ0v) is 7.09. The largest absolute Gasteiger partial charge is 0.504 e. The highest BCUT2D eigenvalue weighted by atomic mass is 16.3. The van der Waals surface area contributed by atoms with Crippen LogP contribution in [-0.4, -0.2) is 10.2 Å². The monoisotopic (exact) mass is 176 g/mol. The van der Waals surface area contributed by atoms with Gasteiger partial charge in [0.1, 0.15) is 0 Å². The molecule has 0 amide bonds. The Morgan fingerprint density at radius 1 is 1.23 bits per heavy atom. The standard InChI is InChI=1S/C10H8O3/c1-3-5-4(2)8(11)10(13)7-6(5)9(7)12/h3,11,13H,1H2,2H3. The molecule has 0 saturated carbocycles. The van der Waals surface area contributed by atoms with Crippen molar-refractivity contribution in [2.75, 3.05) is 0 Å². The highest BCUT2D eigenvalue weighted by Gasteiger charge is 2.25. The minimum Gasteiger partial charge on any atom is -0.504 e. The SMILES string of the molecule is C=Cc1c(C)c(O)c(O)c2c(=O)c12. The molecule has 0 heterocycles. The van der Waals surface area contributed by atoms with Crippen LogP contribution in [0.1, 0.15) is 11.1 Å². The fourth-order valence-corrected chi connectivity index (χ4v) is 1.52. The van der Waals surface area contributed by atoms with Gasteiger partial charge in [-0.3, -0.25) is 4.79 Å². The van der Waals surface area contributed by atoms with E-state index in [1.807, 2.05) is 0 Å². The summed E-state index contributed by atoms with van der Waals surface area (Å²) in [6.45, 7) is 5.18. The molecule has 0 fully saturated rings. The first-order valence-corrected chi connectivity index (χ1v) is 3.85. The van der Waals surface area contributed by atoms with Gasteiger partial charge in [0.25, 0.3) is 0 Å². The van der Waals surface area contributed by atoms with Crippen molar-refractivity contribution in [3.8, 4) is 11.5 Å². The van der Waals surface area contributed by atoms with Crippen LogP contribution in [0.5, 0.6) is 11.5 Å². The van der Waals surface area contributed by atoms with Crippen LogP contribution in [0, 0.1) is 6.92 Å². The number of benzene rings is 1. The molecule has 2 rings (SSSR count). The lowest BCUT2D eigenvalue weighted by molar-refractivity contribution is 0.406. The van der Waals surface area contributed by atoms with Crippen molar-refractivity contribution in [2.24, 2.45) is 0 Å². The molecule has 2 aromatic carbocycles. The lowest BCUT2D eigenvalue weighted by Gasteiger charge is -2.02. The molecule has 0 aliphatic rings. The Bertz CT molecular complexity index is 528. The normalized spacial score (nSPS) is 11.2. The van der Waals surface area contributed by atoms with Gasteiger partial charge in [-0.1, -0.05) is 12.7 Å². The van der Waals surface area contributed by atoms with Crippen molar-refractivity contribution >= 4 is 16.8 Å². The number of hydrogen-bond acceptors (Lipinski definition) is 3. The predicted molar refractivity (Wildman–Crippen MR) is 50.7 cm³/mol. The quantitative estimate of drug-likeness (QED) is 0.646. The Kier molecular flexibility index (Phi) is 1.29. The van der Waals surface area contributed by atoms with E-state index in [1.165, 1.54) is 6.08 Å². The average molecular weight is 176 g/mol. The maximum absolute atomic E-state index is 11.1. The number of aromatic hydroxyl groups is 2. The first kappa shape index (κ1) is 7.86. The summed E-state index contributed by atoms with van der Waals surface area (Å²) < 4.78 is 0. The Morgan fingerprint density at radius 3 is 2.38 bits per heavy atom. The summed E-state index contributed by atoms with van der Waals surface area (Å²) in [4.78, 5) is 11.1. The van der Waals surface area contributed by atoms with Gasteiger partial charge in [0.2, 0.25) is 0 Å². The summed E-state index contributed by atoms with van der Waals surface area (Å²) in [5.74, 6) is -0.525. The van der Waals surface area contributed by atoms with Crippen molar-refractivity contribution in [3.63, 3.8) is 0 Å². The van der Waals surface area contributed by atoms with Crippen LogP contribution in [0.4, 0.5) is 0 Å². The maximum atomic E-state index is 11.1. The summed E-state index contributed by atoms with van der Waals surface area (Å²) in [6, 6.07) is 0. The van der Waals surface area contributed by atoms with Gasteiger partial charge in [0, 0.05) is 10.9 Å². The molecule has 0 bridgehead atoms. The second kappa shape index (κ2) is 2.13. The van der Waals surface area contributed by atoms with Crippen molar-refractivity contribution < 1.29 is 10.2 Å². The minimum absolute atomic E-state index is 0.198. The number of rotatable bonds is 1. The Hall–Kier alpha value is -1.77. The third-order valence-electron chi connectivity index (χ3n) is 2.34. The van der Waals surface area contributed by atoms with E-state index in [0.29, 0.717) is 16.5 Å². The molecule has 0 aliphatic heterocycles. The molecule has 3 nitrogen and oxygen atoms in total. The van der Waals surface area contributed by atoms with Gasteiger partial charge in [-0.25, -0.2) is 0 Å². The van der Waals surface area contributed by atoms with Gasteiger partial charge >= 0.3 is 0 Å². The van der Waals surface area contributed by atoms with Crippen LogP contribution < -0.4 is 5.43 Å². The summed E-state index contributed by atoms with van der Waals surface area (Å²) in [5, 5.41) is 19.4. The van der Waals surface area contributed by atoms with Crippen LogP contribution in [0.2, 0.25) is 0 Å². The van der Waals surface area contributed by atoms with Crippen molar-refractivity contribution in [1.29, 1.82) is 0 Å². The fraction of sp³-hybridized carbons (Fsp3) is 0.100. The molecule has 0 spiro atoms. The second-order valence-electron chi connectivity index (χ2n) is 3.02. The molecular weight excluding hydrogens is 168 g/mol. The van der Waals surface area contributed by atoms with Gasteiger partial charge in [0.15, 0.2) is 16.9 Å². The molecular formula is C10H8O3. The van der Waals surface area contributed by atoms with Crippen LogP contribution in [-0.2, 0) is 0 Å². The number of hydrogen-bond donors (Lipinski definition) is 2. The lowest BCUT2D eigenvalue weighted by atomic mass is 10.1. The molecule has 0 unspecified atom stereocenters. The number of phenolic OH excluding ortho intramolecular Hbond substituents is 2. The Labute approximate surface area is 74.2 Å². The Morgan fingerprint density at radius 2 is 1.85 bits per heavy atom. The molecule has 0 atom stereocenters. The van der Waals surface area contributed by atoms with Crippen LogP contribution in [0.15, 0.2) is 11.4 Å². The third-order valence-corrected chi connectivity index (χ3v) is 2.34. The second-order valence-corrected chi connectivity index (χ2v) is 3.02. The van der Waals surface area contributed by atoms with Crippen molar-refractivity contribution in [3.05, 3.63) is 27.9 Å². The third kappa shape index (κ3) is 0.758. The Balaban J connectivity index is 2.99. The van der Waals surface area contributed by atoms with Gasteiger partial charge in [-0.15, -0.1) is 0 Å². The number of phenols is 2. The average Bonchev–Trinajstić information content (AvgIpc) is 2.75. The van der Waals surface area contributed by atoms with E-state index in [4.69, 9.17) is 0 Å². The van der Waals surface area contributed by atoms with Crippen molar-refractivity contribution in [2.45, 2.75) is 6.92 Å². The molecule has 0 aliphatic carbocycles. The van der Waals surface area contributed by atoms with E-state index in [1.54, 1.807) is 6.92 Å². The first-order valence-electron chi connectivity index (χ1n) is 3.85. The van der Waals surface area contributed by atoms with Gasteiger partial charge in [-0.05, 0) is 12.5 Å². The fourth-order valence-electron chi connectivity index (χ4n) is 1.52. The van der Waals surface area contributed by atoms with Crippen LogP contribution in [0.25, 0.3) is 16.8 Å². The van der Waals surface area contributed by atoms with Gasteiger partial charge < -0.3 is 10.2 Å². The van der Waals surface area contributed by atoms with E-state index in [0.717, 1.165) is 0 Å². The molecule has 0 aromatic heterocycles. The molecule has 66 valence electrons. The topological polar surface area (TPSA) is 57.5 Å². The zero-order valence-electron chi connectivity index (χ0n) is 7.09. The molecule has 2 N–H and O–H groups in total. The summed E-state index contributed by atoms with van der Waals surface area (Å²) >= 11 is 0. The van der Waals surface area contributed by atoms with Crippen LogP contribution >= 0.6 is 0 Å². The highest BCUT2D eigenvalue weighted by Crippen LogP contribution is 2.41. The molecule has 3 heteroatoms. The smallest absolute Gasteiger partial charge is 0.199 e.